The first-order chi connectivity index (χ1) is 15.7. The molecule has 1 aliphatic rings. The van der Waals surface area contributed by atoms with Gasteiger partial charge in [-0.05, 0) is 49.6 Å². The van der Waals surface area contributed by atoms with Crippen LogP contribution in [0.2, 0.25) is 5.02 Å². The van der Waals surface area contributed by atoms with Gasteiger partial charge < -0.3 is 10.2 Å². The van der Waals surface area contributed by atoms with E-state index in [9.17, 15) is 22.4 Å². The lowest BCUT2D eigenvalue weighted by Crippen LogP contribution is -2.48. The van der Waals surface area contributed by atoms with Crippen molar-refractivity contribution in [2.45, 2.75) is 38.8 Å². The van der Waals surface area contributed by atoms with Gasteiger partial charge in [0.25, 0.3) is 0 Å². The molecule has 33 heavy (non-hydrogen) atoms. The summed E-state index contributed by atoms with van der Waals surface area (Å²) in [6.07, 6.45) is 2.80. The lowest BCUT2D eigenvalue weighted by atomic mass is 9.89. The predicted molar refractivity (Wildman–Crippen MR) is 116 cm³/mol. The van der Waals surface area contributed by atoms with Crippen molar-refractivity contribution in [2.75, 3.05) is 5.32 Å². The fourth-order valence-corrected chi connectivity index (χ4v) is 4.51. The summed E-state index contributed by atoms with van der Waals surface area (Å²) in [7, 11) is 0. The standard InChI is InChI=1S/C23H19ClF4N4O/c1-3-20-13-4-5-29-21(27)15(13)6-11(2)32(20)23(33)31-19-9-17(24)14(8-18(19)26)16-7-12(25)10-30-22(16)28/h4-5,7-11,20H,3,6H2,1-2H3,(H,31,33). The fourth-order valence-electron chi connectivity index (χ4n) is 4.24. The zero-order valence-corrected chi connectivity index (χ0v) is 18.4. The number of hydrogen-bond donors (Lipinski definition) is 1. The maximum absolute atomic E-state index is 14.9. The molecule has 3 heterocycles. The van der Waals surface area contributed by atoms with Crippen LogP contribution < -0.4 is 5.32 Å². The van der Waals surface area contributed by atoms with Crippen LogP contribution in [-0.2, 0) is 6.42 Å². The highest BCUT2D eigenvalue weighted by atomic mass is 35.5. The van der Waals surface area contributed by atoms with Crippen LogP contribution in [0.15, 0.2) is 36.7 Å². The number of anilines is 1. The second kappa shape index (κ2) is 8.97. The Morgan fingerprint density at radius 3 is 2.64 bits per heavy atom. The molecule has 1 aromatic carbocycles. The molecule has 2 aromatic heterocycles. The van der Waals surface area contributed by atoms with Crippen molar-refractivity contribution in [3.05, 3.63) is 76.3 Å². The summed E-state index contributed by atoms with van der Waals surface area (Å²) in [6, 6.07) is 3.14. The number of hydrogen-bond acceptors (Lipinski definition) is 3. The van der Waals surface area contributed by atoms with E-state index < -0.39 is 35.6 Å². The first kappa shape index (κ1) is 23.0. The Morgan fingerprint density at radius 2 is 1.91 bits per heavy atom. The van der Waals surface area contributed by atoms with E-state index in [0.717, 1.165) is 18.2 Å². The van der Waals surface area contributed by atoms with Crippen LogP contribution in [0.4, 0.5) is 28.0 Å². The van der Waals surface area contributed by atoms with Crippen LogP contribution in [0.3, 0.4) is 0 Å². The van der Waals surface area contributed by atoms with Crippen LogP contribution >= 0.6 is 11.6 Å². The van der Waals surface area contributed by atoms with Gasteiger partial charge in [0.15, 0.2) is 0 Å². The van der Waals surface area contributed by atoms with Crippen molar-refractivity contribution in [2.24, 2.45) is 0 Å². The largest absolute Gasteiger partial charge is 0.322 e. The van der Waals surface area contributed by atoms with Gasteiger partial charge in [-0.2, -0.15) is 8.78 Å². The second-order valence-electron chi connectivity index (χ2n) is 7.79. The SMILES string of the molecule is CCC1c2ccnc(F)c2CC(C)N1C(=O)Nc1cc(Cl)c(-c2cc(F)cnc2F)cc1F. The van der Waals surface area contributed by atoms with Gasteiger partial charge in [-0.1, -0.05) is 18.5 Å². The number of pyridine rings is 2. The van der Waals surface area contributed by atoms with E-state index in [4.69, 9.17) is 11.6 Å². The van der Waals surface area contributed by atoms with Gasteiger partial charge in [-0.25, -0.2) is 23.5 Å². The third kappa shape index (κ3) is 4.25. The van der Waals surface area contributed by atoms with Crippen LogP contribution in [-0.4, -0.2) is 26.9 Å². The number of carbonyl (C=O) groups is 1. The summed E-state index contributed by atoms with van der Waals surface area (Å²) < 4.78 is 56.6. The van der Waals surface area contributed by atoms with Crippen LogP contribution in [0.5, 0.6) is 0 Å². The molecule has 0 saturated carbocycles. The van der Waals surface area contributed by atoms with Gasteiger partial charge in [0.1, 0.15) is 11.6 Å². The molecule has 0 radical (unpaired) electrons. The molecule has 2 amide bonds. The Balaban J connectivity index is 1.65. The lowest BCUT2D eigenvalue weighted by Gasteiger charge is -2.41. The van der Waals surface area contributed by atoms with Crippen molar-refractivity contribution in [1.29, 1.82) is 0 Å². The average molecular weight is 479 g/mol. The topological polar surface area (TPSA) is 58.1 Å². The molecule has 1 N–H and O–H groups in total. The molecule has 5 nitrogen and oxygen atoms in total. The van der Waals surface area contributed by atoms with Crippen LogP contribution in [0.1, 0.15) is 37.4 Å². The molecule has 3 aromatic rings. The van der Waals surface area contributed by atoms with E-state index in [1.165, 1.54) is 11.1 Å². The third-order valence-electron chi connectivity index (χ3n) is 5.72. The molecule has 1 aliphatic heterocycles. The summed E-state index contributed by atoms with van der Waals surface area (Å²) in [4.78, 5) is 21.6. The minimum Gasteiger partial charge on any atom is -0.314 e. The fraction of sp³-hybridized carbons (Fsp3) is 0.261. The highest BCUT2D eigenvalue weighted by Gasteiger charge is 2.36. The number of halogens is 5. The van der Waals surface area contributed by atoms with Gasteiger partial charge >= 0.3 is 6.03 Å². The zero-order chi connectivity index (χ0) is 23.9. The Bertz CT molecular complexity index is 1240. The van der Waals surface area contributed by atoms with E-state index in [0.29, 0.717) is 23.7 Å². The molecule has 0 spiro atoms. The minimum absolute atomic E-state index is 0.102. The quantitative estimate of drug-likeness (QED) is 0.356. The van der Waals surface area contributed by atoms with Crippen molar-refractivity contribution in [3.63, 3.8) is 0 Å². The van der Waals surface area contributed by atoms with E-state index in [1.54, 1.807) is 13.0 Å². The molecule has 2 unspecified atom stereocenters. The van der Waals surface area contributed by atoms with Crippen LogP contribution in [0.25, 0.3) is 11.1 Å². The van der Waals surface area contributed by atoms with E-state index in [-0.39, 0.29) is 34.3 Å². The molecule has 4 rings (SSSR count). The summed E-state index contributed by atoms with van der Waals surface area (Å²) in [5.74, 6) is -3.27. The Morgan fingerprint density at radius 1 is 1.15 bits per heavy atom. The third-order valence-corrected chi connectivity index (χ3v) is 6.04. The molecule has 0 bridgehead atoms. The predicted octanol–water partition coefficient (Wildman–Crippen LogP) is 6.28. The summed E-state index contributed by atoms with van der Waals surface area (Å²) in [5.41, 5.74) is 0.477. The van der Waals surface area contributed by atoms with Gasteiger partial charge in [0.05, 0.1) is 22.9 Å². The monoisotopic (exact) mass is 478 g/mol. The lowest BCUT2D eigenvalue weighted by molar-refractivity contribution is 0.147. The number of nitrogens with zero attached hydrogens (tertiary/aromatic N) is 3. The minimum atomic E-state index is -1.01. The average Bonchev–Trinajstić information content (AvgIpc) is 2.77. The number of fused-ring (bicyclic) bond motifs is 1. The maximum atomic E-state index is 14.9. The van der Waals surface area contributed by atoms with Crippen molar-refractivity contribution in [3.8, 4) is 11.1 Å². The van der Waals surface area contributed by atoms with Gasteiger partial charge in [-0.15, -0.1) is 0 Å². The number of rotatable bonds is 3. The van der Waals surface area contributed by atoms with Crippen molar-refractivity contribution in [1.82, 2.24) is 14.9 Å². The van der Waals surface area contributed by atoms with E-state index in [1.807, 2.05) is 6.92 Å². The zero-order valence-electron chi connectivity index (χ0n) is 17.7. The Kier molecular flexibility index (Phi) is 6.25. The molecule has 0 saturated heterocycles. The molecule has 2 atom stereocenters. The second-order valence-corrected chi connectivity index (χ2v) is 8.20. The smallest absolute Gasteiger partial charge is 0.314 e. The van der Waals surface area contributed by atoms with Crippen molar-refractivity contribution >= 4 is 23.3 Å². The Labute approximate surface area is 192 Å². The number of benzene rings is 1. The first-order valence-electron chi connectivity index (χ1n) is 10.2. The number of aromatic nitrogens is 2. The van der Waals surface area contributed by atoms with Gasteiger partial charge in [-0.3, -0.25) is 0 Å². The molecular weight excluding hydrogens is 460 g/mol. The van der Waals surface area contributed by atoms with Gasteiger partial charge in [0.2, 0.25) is 11.9 Å². The van der Waals surface area contributed by atoms with Crippen LogP contribution in [0, 0.1) is 23.5 Å². The molecule has 0 aliphatic carbocycles. The summed E-state index contributed by atoms with van der Waals surface area (Å²) >= 11 is 6.20. The highest BCUT2D eigenvalue weighted by molar-refractivity contribution is 6.33. The molecule has 0 fully saturated rings. The molecular formula is C23H19ClF4N4O. The Hall–Kier alpha value is -3.20. The number of nitrogens with one attached hydrogen (secondary N) is 1. The van der Waals surface area contributed by atoms with Crippen molar-refractivity contribution < 1.29 is 22.4 Å². The van der Waals surface area contributed by atoms with E-state index in [2.05, 4.69) is 15.3 Å². The van der Waals surface area contributed by atoms with E-state index >= 15 is 0 Å². The number of amides is 2. The first-order valence-corrected chi connectivity index (χ1v) is 10.6. The highest BCUT2D eigenvalue weighted by Crippen LogP contribution is 2.37. The summed E-state index contributed by atoms with van der Waals surface area (Å²) in [5, 5.41) is 2.40. The number of carbonyl (C=O) groups excluding carboxylic acids is 1. The van der Waals surface area contributed by atoms with Gasteiger partial charge in [0, 0.05) is 28.9 Å². The maximum Gasteiger partial charge on any atom is 0.322 e. The normalized spacial score (nSPS) is 17.6. The summed E-state index contributed by atoms with van der Waals surface area (Å²) in [6.45, 7) is 3.63. The molecule has 10 heteroatoms. The number of urea groups is 1. The molecule has 172 valence electrons.